The first-order valence-corrected chi connectivity index (χ1v) is 9.20. The van der Waals surface area contributed by atoms with E-state index in [9.17, 15) is 4.79 Å². The fourth-order valence-corrected chi connectivity index (χ4v) is 3.67. The van der Waals surface area contributed by atoms with E-state index in [2.05, 4.69) is 5.32 Å². The summed E-state index contributed by atoms with van der Waals surface area (Å²) in [6.07, 6.45) is 5.59. The highest BCUT2D eigenvalue weighted by molar-refractivity contribution is 5.87. The van der Waals surface area contributed by atoms with Crippen molar-refractivity contribution in [3.05, 3.63) is 23.8 Å². The maximum absolute atomic E-state index is 12.9. The lowest BCUT2D eigenvalue weighted by molar-refractivity contribution is -0.128. The third-order valence-electron chi connectivity index (χ3n) is 5.60. The minimum absolute atomic E-state index is 0.00572. The molecule has 0 saturated heterocycles. The molecule has 0 bridgehead atoms. The Morgan fingerprint density at radius 2 is 1.84 bits per heavy atom. The molecule has 1 N–H and O–H groups in total. The molecule has 1 aliphatic heterocycles. The van der Waals surface area contributed by atoms with E-state index in [1.165, 1.54) is 6.42 Å². The van der Waals surface area contributed by atoms with Gasteiger partial charge in [-0.05, 0) is 44.4 Å². The Hall–Kier alpha value is -1.75. The van der Waals surface area contributed by atoms with Crippen molar-refractivity contribution in [1.82, 2.24) is 5.32 Å². The van der Waals surface area contributed by atoms with Gasteiger partial charge in [-0.1, -0.05) is 25.3 Å². The predicted molar refractivity (Wildman–Crippen MR) is 96.3 cm³/mol. The molecule has 1 aromatic carbocycles. The second kappa shape index (κ2) is 7.24. The SMILES string of the molecule is COC1(CNC(=O)C(C)(C)c2ccc3c(c2)OCCO3)CCCCC1. The maximum Gasteiger partial charge on any atom is 0.230 e. The van der Waals surface area contributed by atoms with Crippen LogP contribution in [0.2, 0.25) is 0 Å². The van der Waals surface area contributed by atoms with E-state index in [1.54, 1.807) is 7.11 Å². The highest BCUT2D eigenvalue weighted by Crippen LogP contribution is 2.36. The van der Waals surface area contributed by atoms with E-state index >= 15 is 0 Å². The van der Waals surface area contributed by atoms with Gasteiger partial charge in [0.25, 0.3) is 0 Å². The second-order valence-corrected chi connectivity index (χ2v) is 7.61. The van der Waals surface area contributed by atoms with Gasteiger partial charge in [-0.2, -0.15) is 0 Å². The Balaban J connectivity index is 1.69. The molecule has 5 nitrogen and oxygen atoms in total. The predicted octanol–water partition coefficient (Wildman–Crippen LogP) is 3.20. The third-order valence-corrected chi connectivity index (χ3v) is 5.60. The lowest BCUT2D eigenvalue weighted by Crippen LogP contribution is -2.49. The number of ether oxygens (including phenoxy) is 3. The first-order chi connectivity index (χ1) is 12.0. The average molecular weight is 347 g/mol. The van der Waals surface area contributed by atoms with Crippen LogP contribution in [0, 0.1) is 0 Å². The van der Waals surface area contributed by atoms with E-state index in [4.69, 9.17) is 14.2 Å². The molecule has 0 spiro atoms. The minimum Gasteiger partial charge on any atom is -0.486 e. The lowest BCUT2D eigenvalue weighted by atomic mass is 9.82. The molecule has 1 fully saturated rings. The van der Waals surface area contributed by atoms with Crippen LogP contribution in [-0.2, 0) is 14.9 Å². The molecule has 1 amide bonds. The molecule has 5 heteroatoms. The summed E-state index contributed by atoms with van der Waals surface area (Å²) in [6, 6.07) is 5.75. The number of carbonyl (C=O) groups excluding carboxylic acids is 1. The van der Waals surface area contributed by atoms with E-state index in [0.29, 0.717) is 25.5 Å². The Bertz CT molecular complexity index is 620. The van der Waals surface area contributed by atoms with Crippen molar-refractivity contribution in [2.75, 3.05) is 26.9 Å². The van der Waals surface area contributed by atoms with Crippen molar-refractivity contribution in [3.8, 4) is 11.5 Å². The quantitative estimate of drug-likeness (QED) is 0.889. The van der Waals surface area contributed by atoms with Crippen molar-refractivity contribution in [3.63, 3.8) is 0 Å². The Kier molecular flexibility index (Phi) is 5.23. The molecule has 1 saturated carbocycles. The standard InChI is InChI=1S/C20H29NO4/c1-19(2,15-7-8-16-17(13-15)25-12-11-24-16)18(22)21-14-20(23-3)9-5-4-6-10-20/h7-8,13H,4-6,9-12,14H2,1-3H3,(H,21,22). The number of benzene rings is 1. The number of amides is 1. The van der Waals surface area contributed by atoms with E-state index < -0.39 is 5.41 Å². The second-order valence-electron chi connectivity index (χ2n) is 7.61. The van der Waals surface area contributed by atoms with Crippen LogP contribution in [0.5, 0.6) is 11.5 Å². The molecule has 0 atom stereocenters. The average Bonchev–Trinajstić information content (AvgIpc) is 2.66. The van der Waals surface area contributed by atoms with Crippen LogP contribution in [-0.4, -0.2) is 38.4 Å². The van der Waals surface area contributed by atoms with Gasteiger partial charge in [0.15, 0.2) is 11.5 Å². The van der Waals surface area contributed by atoms with Gasteiger partial charge >= 0.3 is 0 Å². The molecule has 0 radical (unpaired) electrons. The molecule has 1 aromatic rings. The van der Waals surface area contributed by atoms with Gasteiger partial charge in [0.1, 0.15) is 13.2 Å². The molecule has 138 valence electrons. The molecule has 1 aliphatic carbocycles. The number of nitrogens with one attached hydrogen (secondary N) is 1. The monoisotopic (exact) mass is 347 g/mol. The molecule has 2 aliphatic rings. The molecule has 1 heterocycles. The van der Waals surface area contributed by atoms with Crippen molar-refractivity contribution in [2.24, 2.45) is 0 Å². The number of fused-ring (bicyclic) bond motifs is 1. The molecule has 3 rings (SSSR count). The van der Waals surface area contributed by atoms with Crippen LogP contribution in [0.1, 0.15) is 51.5 Å². The Morgan fingerprint density at radius 1 is 1.16 bits per heavy atom. The van der Waals surface area contributed by atoms with E-state index in [-0.39, 0.29) is 11.5 Å². The van der Waals surface area contributed by atoms with E-state index in [0.717, 1.165) is 37.0 Å². The highest BCUT2D eigenvalue weighted by Gasteiger charge is 2.36. The number of rotatable bonds is 5. The Labute approximate surface area is 150 Å². The summed E-state index contributed by atoms with van der Waals surface area (Å²) in [6.45, 7) is 5.55. The Morgan fingerprint density at radius 3 is 2.52 bits per heavy atom. The van der Waals surface area contributed by atoms with Crippen LogP contribution < -0.4 is 14.8 Å². The summed E-state index contributed by atoms with van der Waals surface area (Å²) in [5.74, 6) is 1.46. The number of hydrogen-bond donors (Lipinski definition) is 1. The molecule has 25 heavy (non-hydrogen) atoms. The van der Waals surface area contributed by atoms with Crippen LogP contribution >= 0.6 is 0 Å². The zero-order valence-corrected chi connectivity index (χ0v) is 15.5. The van der Waals surface area contributed by atoms with Crippen molar-refractivity contribution in [1.29, 1.82) is 0 Å². The first kappa shape index (κ1) is 18.1. The van der Waals surface area contributed by atoms with Gasteiger partial charge in [-0.3, -0.25) is 4.79 Å². The summed E-state index contributed by atoms with van der Waals surface area (Å²) in [7, 11) is 1.75. The number of carbonyl (C=O) groups is 1. The van der Waals surface area contributed by atoms with Crippen LogP contribution in [0.25, 0.3) is 0 Å². The smallest absolute Gasteiger partial charge is 0.230 e. The molecular formula is C20H29NO4. The molecule has 0 unspecified atom stereocenters. The van der Waals surface area contributed by atoms with E-state index in [1.807, 2.05) is 32.0 Å². The van der Waals surface area contributed by atoms with Crippen LogP contribution in [0.15, 0.2) is 18.2 Å². The van der Waals surface area contributed by atoms with Crippen LogP contribution in [0.3, 0.4) is 0 Å². The first-order valence-electron chi connectivity index (χ1n) is 9.20. The zero-order valence-electron chi connectivity index (χ0n) is 15.5. The number of methoxy groups -OCH3 is 1. The third kappa shape index (κ3) is 3.76. The normalized spacial score (nSPS) is 19.3. The van der Waals surface area contributed by atoms with Gasteiger partial charge in [-0.25, -0.2) is 0 Å². The van der Waals surface area contributed by atoms with Gasteiger partial charge in [0.2, 0.25) is 5.91 Å². The lowest BCUT2D eigenvalue weighted by Gasteiger charge is -2.37. The summed E-state index contributed by atoms with van der Waals surface area (Å²) in [5, 5.41) is 3.13. The zero-order chi connectivity index (χ0) is 17.9. The van der Waals surface area contributed by atoms with Crippen molar-refractivity contribution < 1.29 is 19.0 Å². The van der Waals surface area contributed by atoms with Crippen molar-refractivity contribution >= 4 is 5.91 Å². The maximum atomic E-state index is 12.9. The summed E-state index contributed by atoms with van der Waals surface area (Å²) in [5.41, 5.74) is 0.0559. The molecule has 0 aromatic heterocycles. The van der Waals surface area contributed by atoms with Gasteiger partial charge in [-0.15, -0.1) is 0 Å². The minimum atomic E-state index is -0.653. The summed E-state index contributed by atoms with van der Waals surface area (Å²) in [4.78, 5) is 12.9. The van der Waals surface area contributed by atoms with Gasteiger partial charge in [0, 0.05) is 13.7 Å². The largest absolute Gasteiger partial charge is 0.486 e. The summed E-state index contributed by atoms with van der Waals surface area (Å²) < 4.78 is 17.0. The van der Waals surface area contributed by atoms with Gasteiger partial charge in [0.05, 0.1) is 11.0 Å². The fraction of sp³-hybridized carbons (Fsp3) is 0.650. The molecular weight excluding hydrogens is 318 g/mol. The van der Waals surface area contributed by atoms with Crippen LogP contribution in [0.4, 0.5) is 0 Å². The fourth-order valence-electron chi connectivity index (χ4n) is 3.67. The topological polar surface area (TPSA) is 56.8 Å². The highest BCUT2D eigenvalue weighted by atomic mass is 16.6. The summed E-state index contributed by atoms with van der Waals surface area (Å²) >= 11 is 0. The number of hydrogen-bond acceptors (Lipinski definition) is 4. The van der Waals surface area contributed by atoms with Crippen molar-refractivity contribution in [2.45, 2.75) is 57.0 Å². The van der Waals surface area contributed by atoms with Gasteiger partial charge < -0.3 is 19.5 Å².